The molecule has 0 bridgehead atoms. The number of hydrogen-bond donors (Lipinski definition) is 3. The lowest BCUT2D eigenvalue weighted by Crippen LogP contribution is -2.30. The smallest absolute Gasteiger partial charge is 0.319 e. The molecule has 21 heavy (non-hydrogen) atoms. The predicted molar refractivity (Wildman–Crippen MR) is 81.8 cm³/mol. The number of hydrogen-bond acceptors (Lipinski definition) is 2. The lowest BCUT2D eigenvalue weighted by Gasteiger charge is -2.11. The van der Waals surface area contributed by atoms with Crippen molar-refractivity contribution in [2.75, 3.05) is 17.2 Å². The normalized spacial score (nSPS) is 10.3. The molecular formula is C15H22FN3O2. The van der Waals surface area contributed by atoms with Gasteiger partial charge in [-0.3, -0.25) is 4.79 Å². The SMILES string of the molecule is CC(=O)Nc1ccc(F)c(NC(=O)NCCCC(C)C)c1. The Morgan fingerprint density at radius 3 is 2.57 bits per heavy atom. The number of carbonyl (C=O) groups excluding carboxylic acids is 2. The average Bonchev–Trinajstić information content (AvgIpc) is 2.38. The van der Waals surface area contributed by atoms with E-state index in [0.29, 0.717) is 18.2 Å². The van der Waals surface area contributed by atoms with Crippen molar-refractivity contribution in [2.45, 2.75) is 33.6 Å². The fraction of sp³-hybridized carbons (Fsp3) is 0.467. The number of halogens is 1. The Morgan fingerprint density at radius 1 is 1.24 bits per heavy atom. The van der Waals surface area contributed by atoms with Crippen LogP contribution in [0.15, 0.2) is 18.2 Å². The zero-order valence-electron chi connectivity index (χ0n) is 12.6. The zero-order chi connectivity index (χ0) is 15.8. The molecule has 0 fully saturated rings. The fourth-order valence-electron chi connectivity index (χ4n) is 1.78. The Labute approximate surface area is 124 Å². The van der Waals surface area contributed by atoms with Crippen molar-refractivity contribution >= 4 is 23.3 Å². The topological polar surface area (TPSA) is 70.2 Å². The van der Waals surface area contributed by atoms with Gasteiger partial charge in [-0.15, -0.1) is 0 Å². The summed E-state index contributed by atoms with van der Waals surface area (Å²) < 4.78 is 13.6. The van der Waals surface area contributed by atoms with E-state index in [1.54, 1.807) is 0 Å². The van der Waals surface area contributed by atoms with Crippen LogP contribution >= 0.6 is 0 Å². The zero-order valence-corrected chi connectivity index (χ0v) is 12.6. The van der Waals surface area contributed by atoms with Crippen molar-refractivity contribution in [3.8, 4) is 0 Å². The molecule has 1 aromatic carbocycles. The molecule has 3 N–H and O–H groups in total. The quantitative estimate of drug-likeness (QED) is 0.704. The van der Waals surface area contributed by atoms with Crippen LogP contribution < -0.4 is 16.0 Å². The minimum absolute atomic E-state index is 0.0302. The van der Waals surface area contributed by atoms with Crippen molar-refractivity contribution in [3.63, 3.8) is 0 Å². The van der Waals surface area contributed by atoms with Gasteiger partial charge in [-0.1, -0.05) is 13.8 Å². The number of nitrogens with one attached hydrogen (secondary N) is 3. The number of amides is 3. The van der Waals surface area contributed by atoms with Gasteiger partial charge in [0.15, 0.2) is 0 Å². The standard InChI is InChI=1S/C15H22FN3O2/c1-10(2)5-4-8-17-15(21)19-14-9-12(18-11(3)20)6-7-13(14)16/h6-7,9-10H,4-5,8H2,1-3H3,(H,18,20)(H2,17,19,21). The molecule has 0 unspecified atom stereocenters. The second kappa shape index (κ2) is 8.24. The molecule has 5 nitrogen and oxygen atoms in total. The molecule has 0 atom stereocenters. The first-order chi connectivity index (χ1) is 9.88. The van der Waals surface area contributed by atoms with Crippen LogP contribution in [0, 0.1) is 11.7 Å². The number of benzene rings is 1. The van der Waals surface area contributed by atoms with Crippen molar-refractivity contribution < 1.29 is 14.0 Å². The third-order valence-electron chi connectivity index (χ3n) is 2.78. The van der Waals surface area contributed by atoms with Crippen LogP contribution in [-0.4, -0.2) is 18.5 Å². The minimum Gasteiger partial charge on any atom is -0.338 e. The summed E-state index contributed by atoms with van der Waals surface area (Å²) in [6, 6.07) is 3.55. The van der Waals surface area contributed by atoms with Crippen LogP contribution in [-0.2, 0) is 4.79 Å². The summed E-state index contributed by atoms with van der Waals surface area (Å²) in [6.07, 6.45) is 1.89. The Kier molecular flexibility index (Phi) is 6.65. The van der Waals surface area contributed by atoms with Gasteiger partial charge in [0.05, 0.1) is 5.69 Å². The maximum atomic E-state index is 13.6. The van der Waals surface area contributed by atoms with Gasteiger partial charge in [0.25, 0.3) is 0 Å². The van der Waals surface area contributed by atoms with Crippen LogP contribution in [0.5, 0.6) is 0 Å². The molecule has 6 heteroatoms. The summed E-state index contributed by atoms with van der Waals surface area (Å²) in [7, 11) is 0. The Balaban J connectivity index is 2.52. The largest absolute Gasteiger partial charge is 0.338 e. The summed E-state index contributed by atoms with van der Waals surface area (Å²) in [5.41, 5.74) is 0.460. The van der Waals surface area contributed by atoms with Gasteiger partial charge in [-0.2, -0.15) is 0 Å². The molecule has 0 aliphatic carbocycles. The van der Waals surface area contributed by atoms with E-state index in [1.165, 1.54) is 25.1 Å². The third-order valence-corrected chi connectivity index (χ3v) is 2.78. The molecule has 1 rings (SSSR count). The molecule has 0 saturated carbocycles. The molecule has 0 aliphatic rings. The predicted octanol–water partition coefficient (Wildman–Crippen LogP) is 3.34. The highest BCUT2D eigenvalue weighted by molar-refractivity contribution is 5.92. The first kappa shape index (κ1) is 16.9. The highest BCUT2D eigenvalue weighted by atomic mass is 19.1. The molecule has 3 amide bonds. The molecule has 1 aromatic rings. The Hall–Kier alpha value is -2.11. The van der Waals surface area contributed by atoms with Gasteiger partial charge >= 0.3 is 6.03 Å². The second-order valence-corrected chi connectivity index (χ2v) is 5.29. The molecule has 116 valence electrons. The minimum atomic E-state index is -0.554. The molecule has 0 spiro atoms. The summed E-state index contributed by atoms with van der Waals surface area (Å²) in [4.78, 5) is 22.6. The van der Waals surface area contributed by atoms with Crippen LogP contribution in [0.1, 0.15) is 33.6 Å². The first-order valence-corrected chi connectivity index (χ1v) is 7.00. The van der Waals surface area contributed by atoms with E-state index in [4.69, 9.17) is 0 Å². The Bertz CT molecular complexity index is 504. The summed E-state index contributed by atoms with van der Waals surface area (Å²) >= 11 is 0. The fourth-order valence-corrected chi connectivity index (χ4v) is 1.78. The average molecular weight is 295 g/mol. The van der Waals surface area contributed by atoms with E-state index in [0.717, 1.165) is 12.8 Å². The molecular weight excluding hydrogens is 273 g/mol. The van der Waals surface area contributed by atoms with Gasteiger partial charge in [-0.25, -0.2) is 9.18 Å². The van der Waals surface area contributed by atoms with E-state index >= 15 is 0 Å². The number of rotatable bonds is 6. The van der Waals surface area contributed by atoms with E-state index < -0.39 is 11.8 Å². The van der Waals surface area contributed by atoms with E-state index in [9.17, 15) is 14.0 Å². The number of anilines is 2. The second-order valence-electron chi connectivity index (χ2n) is 5.29. The molecule has 0 aromatic heterocycles. The van der Waals surface area contributed by atoms with Crippen molar-refractivity contribution in [2.24, 2.45) is 5.92 Å². The van der Waals surface area contributed by atoms with Gasteiger partial charge in [-0.05, 0) is 37.0 Å². The molecule has 0 saturated heterocycles. The molecule has 0 heterocycles. The number of carbonyl (C=O) groups is 2. The highest BCUT2D eigenvalue weighted by Gasteiger charge is 2.08. The van der Waals surface area contributed by atoms with Crippen molar-refractivity contribution in [1.82, 2.24) is 5.32 Å². The summed E-state index contributed by atoms with van der Waals surface area (Å²) in [5.74, 6) is -0.228. The van der Waals surface area contributed by atoms with Gasteiger partial charge in [0.1, 0.15) is 5.82 Å². The maximum Gasteiger partial charge on any atom is 0.319 e. The van der Waals surface area contributed by atoms with Crippen LogP contribution in [0.3, 0.4) is 0 Å². The number of urea groups is 1. The van der Waals surface area contributed by atoms with Crippen molar-refractivity contribution in [3.05, 3.63) is 24.0 Å². The lowest BCUT2D eigenvalue weighted by molar-refractivity contribution is -0.114. The highest BCUT2D eigenvalue weighted by Crippen LogP contribution is 2.19. The summed E-state index contributed by atoms with van der Waals surface area (Å²) in [5, 5.41) is 7.64. The van der Waals surface area contributed by atoms with E-state index in [2.05, 4.69) is 29.8 Å². The van der Waals surface area contributed by atoms with Crippen LogP contribution in [0.25, 0.3) is 0 Å². The Morgan fingerprint density at radius 2 is 1.95 bits per heavy atom. The monoisotopic (exact) mass is 295 g/mol. The van der Waals surface area contributed by atoms with Crippen LogP contribution in [0.4, 0.5) is 20.6 Å². The summed E-state index contributed by atoms with van der Waals surface area (Å²) in [6.45, 7) is 6.13. The van der Waals surface area contributed by atoms with E-state index in [1.807, 2.05) is 0 Å². The molecule has 0 aliphatic heterocycles. The van der Waals surface area contributed by atoms with Crippen molar-refractivity contribution in [1.29, 1.82) is 0 Å². The van der Waals surface area contributed by atoms with E-state index in [-0.39, 0.29) is 11.6 Å². The van der Waals surface area contributed by atoms with Gasteiger partial charge in [0, 0.05) is 19.2 Å². The van der Waals surface area contributed by atoms with Gasteiger partial charge in [0.2, 0.25) is 5.91 Å². The molecule has 0 radical (unpaired) electrons. The lowest BCUT2D eigenvalue weighted by atomic mass is 10.1. The van der Waals surface area contributed by atoms with Gasteiger partial charge < -0.3 is 16.0 Å². The van der Waals surface area contributed by atoms with Crippen LogP contribution in [0.2, 0.25) is 0 Å². The first-order valence-electron chi connectivity index (χ1n) is 7.00. The maximum absolute atomic E-state index is 13.6. The third kappa shape index (κ3) is 6.74.